The zero-order valence-electron chi connectivity index (χ0n) is 6.21. The molecule has 11 heavy (non-hydrogen) atoms. The molecule has 1 fully saturated rings. The van der Waals surface area contributed by atoms with E-state index in [0.717, 1.165) is 25.3 Å². The maximum atomic E-state index is 9.39. The van der Waals surface area contributed by atoms with E-state index in [0.29, 0.717) is 5.92 Å². The van der Waals surface area contributed by atoms with Crippen molar-refractivity contribution in [3.63, 3.8) is 0 Å². The fourth-order valence-electron chi connectivity index (χ4n) is 1.47. The largest absolute Gasteiger partial charge is 0.504 e. The molecule has 0 bridgehead atoms. The van der Waals surface area contributed by atoms with Crippen molar-refractivity contribution in [1.29, 1.82) is 0 Å². The first kappa shape index (κ1) is 6.58. The van der Waals surface area contributed by atoms with Gasteiger partial charge < -0.3 is 15.2 Å². The maximum Gasteiger partial charge on any atom is 0.155 e. The number of aliphatic hydroxyl groups is 1. The number of hydrogen-bond donors (Lipinski definition) is 2. The predicted molar refractivity (Wildman–Crippen MR) is 40.9 cm³/mol. The van der Waals surface area contributed by atoms with Gasteiger partial charge in [-0.1, -0.05) is 0 Å². The molecule has 0 radical (unpaired) electrons. The van der Waals surface area contributed by atoms with Crippen LogP contribution in [0.1, 0.15) is 6.42 Å². The predicted octanol–water partition coefficient (Wildman–Crippen LogP) is 0.909. The second-order valence-corrected chi connectivity index (χ2v) is 2.83. The smallest absolute Gasteiger partial charge is 0.155 e. The van der Waals surface area contributed by atoms with Crippen LogP contribution in [-0.2, 0) is 4.74 Å². The molecule has 0 aliphatic carbocycles. The molecule has 60 valence electrons. The fourth-order valence-corrected chi connectivity index (χ4v) is 1.47. The van der Waals surface area contributed by atoms with Gasteiger partial charge in [0, 0.05) is 18.7 Å². The summed E-state index contributed by atoms with van der Waals surface area (Å²) in [6.45, 7) is 1.61. The second kappa shape index (κ2) is 2.49. The van der Waals surface area contributed by atoms with Crippen molar-refractivity contribution in [3.05, 3.63) is 23.8 Å². The molecule has 0 aromatic carbocycles. The topological polar surface area (TPSA) is 41.5 Å². The molecular formula is C8H11NO2. The lowest BCUT2D eigenvalue weighted by molar-refractivity contribution is 0.235. The summed E-state index contributed by atoms with van der Waals surface area (Å²) in [7, 11) is 0. The van der Waals surface area contributed by atoms with Crippen molar-refractivity contribution in [2.24, 2.45) is 5.92 Å². The van der Waals surface area contributed by atoms with Gasteiger partial charge >= 0.3 is 0 Å². The maximum absolute atomic E-state index is 9.39. The van der Waals surface area contributed by atoms with Crippen LogP contribution in [0.2, 0.25) is 0 Å². The minimum absolute atomic E-state index is 0.275. The molecule has 1 unspecified atom stereocenters. The summed E-state index contributed by atoms with van der Waals surface area (Å²) in [6.07, 6.45) is 4.40. The molecule has 2 rings (SSSR count). The van der Waals surface area contributed by atoms with Crippen molar-refractivity contribution in [2.75, 3.05) is 13.2 Å². The fraction of sp³-hybridized carbons (Fsp3) is 0.500. The minimum atomic E-state index is 0.275. The molecule has 0 aromatic heterocycles. The third kappa shape index (κ3) is 1.06. The Morgan fingerprint density at radius 1 is 1.64 bits per heavy atom. The summed E-state index contributed by atoms with van der Waals surface area (Å²) in [4.78, 5) is 0. The third-order valence-corrected chi connectivity index (χ3v) is 2.07. The molecule has 3 heteroatoms. The molecule has 0 saturated carbocycles. The molecule has 1 atom stereocenters. The van der Waals surface area contributed by atoms with E-state index in [1.54, 1.807) is 12.3 Å². The monoisotopic (exact) mass is 153 g/mol. The van der Waals surface area contributed by atoms with Gasteiger partial charge in [-0.2, -0.15) is 0 Å². The van der Waals surface area contributed by atoms with E-state index in [-0.39, 0.29) is 5.76 Å². The minimum Gasteiger partial charge on any atom is -0.504 e. The summed E-state index contributed by atoms with van der Waals surface area (Å²) < 4.78 is 5.29. The van der Waals surface area contributed by atoms with Crippen molar-refractivity contribution in [3.8, 4) is 0 Å². The van der Waals surface area contributed by atoms with Crippen LogP contribution in [0.4, 0.5) is 0 Å². The summed E-state index contributed by atoms with van der Waals surface area (Å²) in [5, 5.41) is 12.5. The Balaban J connectivity index is 2.29. The normalized spacial score (nSPS) is 28.9. The highest BCUT2D eigenvalue weighted by Crippen LogP contribution is 2.27. The molecule has 2 N–H and O–H groups in total. The summed E-state index contributed by atoms with van der Waals surface area (Å²) in [6, 6.07) is 0. The molecule has 2 aliphatic heterocycles. The highest BCUT2D eigenvalue weighted by atomic mass is 16.5. The molecule has 2 heterocycles. The number of rotatable bonds is 0. The van der Waals surface area contributed by atoms with Crippen LogP contribution in [0.3, 0.4) is 0 Å². The van der Waals surface area contributed by atoms with Gasteiger partial charge in [-0.3, -0.25) is 0 Å². The van der Waals surface area contributed by atoms with Gasteiger partial charge in [0.1, 0.15) is 5.76 Å². The van der Waals surface area contributed by atoms with Crippen LogP contribution in [0.25, 0.3) is 0 Å². The number of nitrogens with one attached hydrogen (secondary N) is 1. The Kier molecular flexibility index (Phi) is 1.49. The molecule has 0 aromatic rings. The van der Waals surface area contributed by atoms with Gasteiger partial charge in [-0.05, 0) is 12.5 Å². The number of allylic oxidation sites excluding steroid dienone is 1. The Labute approximate surface area is 65.4 Å². The van der Waals surface area contributed by atoms with Crippen LogP contribution in [-0.4, -0.2) is 18.3 Å². The summed E-state index contributed by atoms with van der Waals surface area (Å²) in [5.74, 6) is 1.40. The summed E-state index contributed by atoms with van der Waals surface area (Å²) in [5.41, 5.74) is 0. The first-order valence-corrected chi connectivity index (χ1v) is 3.84. The van der Waals surface area contributed by atoms with Crippen molar-refractivity contribution in [1.82, 2.24) is 5.32 Å². The van der Waals surface area contributed by atoms with Gasteiger partial charge in [0.2, 0.25) is 0 Å². The highest BCUT2D eigenvalue weighted by Gasteiger charge is 2.26. The van der Waals surface area contributed by atoms with Crippen LogP contribution >= 0.6 is 0 Å². The van der Waals surface area contributed by atoms with E-state index in [1.165, 1.54) is 0 Å². The van der Waals surface area contributed by atoms with Crippen LogP contribution in [0.5, 0.6) is 0 Å². The number of hydrogen-bond acceptors (Lipinski definition) is 3. The van der Waals surface area contributed by atoms with E-state index in [9.17, 15) is 5.11 Å². The lowest BCUT2D eigenvalue weighted by atomic mass is 10.1. The standard InChI is InChI=1S/C8H11NO2/c10-7-1-3-9-5-6-2-4-11-8(6)7/h1,3,6,9-10H,2,4-5H2. The molecule has 1 saturated heterocycles. The lowest BCUT2D eigenvalue weighted by Crippen LogP contribution is -2.15. The van der Waals surface area contributed by atoms with Crippen LogP contribution < -0.4 is 5.32 Å². The molecule has 2 aliphatic rings. The molecular weight excluding hydrogens is 142 g/mol. The van der Waals surface area contributed by atoms with E-state index in [1.807, 2.05) is 0 Å². The Morgan fingerprint density at radius 3 is 3.45 bits per heavy atom. The van der Waals surface area contributed by atoms with Crippen molar-refractivity contribution in [2.45, 2.75) is 6.42 Å². The van der Waals surface area contributed by atoms with E-state index in [4.69, 9.17) is 4.74 Å². The zero-order valence-corrected chi connectivity index (χ0v) is 6.21. The first-order chi connectivity index (χ1) is 5.38. The van der Waals surface area contributed by atoms with Gasteiger partial charge in [0.25, 0.3) is 0 Å². The van der Waals surface area contributed by atoms with Gasteiger partial charge in [-0.15, -0.1) is 0 Å². The second-order valence-electron chi connectivity index (χ2n) is 2.83. The number of ether oxygens (including phenoxy) is 1. The van der Waals surface area contributed by atoms with E-state index < -0.39 is 0 Å². The quantitative estimate of drug-likeness (QED) is 0.543. The van der Waals surface area contributed by atoms with Crippen molar-refractivity contribution < 1.29 is 9.84 Å². The van der Waals surface area contributed by atoms with E-state index >= 15 is 0 Å². The van der Waals surface area contributed by atoms with Crippen molar-refractivity contribution >= 4 is 0 Å². The number of fused-ring (bicyclic) bond motifs is 1. The van der Waals surface area contributed by atoms with Gasteiger partial charge in [0.05, 0.1) is 6.61 Å². The molecule has 0 spiro atoms. The Hall–Kier alpha value is -1.12. The van der Waals surface area contributed by atoms with Crippen LogP contribution in [0, 0.1) is 5.92 Å². The first-order valence-electron chi connectivity index (χ1n) is 3.84. The lowest BCUT2D eigenvalue weighted by Gasteiger charge is -2.06. The van der Waals surface area contributed by atoms with Gasteiger partial charge in [0.15, 0.2) is 5.76 Å². The average Bonchev–Trinajstić information content (AvgIpc) is 2.40. The molecule has 3 nitrogen and oxygen atoms in total. The van der Waals surface area contributed by atoms with Gasteiger partial charge in [-0.25, -0.2) is 0 Å². The average molecular weight is 153 g/mol. The third-order valence-electron chi connectivity index (χ3n) is 2.07. The molecule has 0 amide bonds. The Morgan fingerprint density at radius 2 is 2.55 bits per heavy atom. The van der Waals surface area contributed by atoms with E-state index in [2.05, 4.69) is 5.32 Å². The SMILES string of the molecule is OC1=C2OCCC2CNC=C1. The van der Waals surface area contributed by atoms with Crippen LogP contribution in [0.15, 0.2) is 23.8 Å². The number of aliphatic hydroxyl groups excluding tert-OH is 1. The zero-order chi connectivity index (χ0) is 7.68. The summed E-state index contributed by atoms with van der Waals surface area (Å²) >= 11 is 0. The Bertz CT molecular complexity index is 220. The highest BCUT2D eigenvalue weighted by molar-refractivity contribution is 5.20.